The minimum atomic E-state index is -0.378. The summed E-state index contributed by atoms with van der Waals surface area (Å²) >= 11 is 0. The monoisotopic (exact) mass is 348 g/mol. The van der Waals surface area contributed by atoms with Crippen LogP contribution in [-0.2, 0) is 0 Å². The second-order valence-electron chi connectivity index (χ2n) is 5.94. The SMILES string of the molecule is COc1ccc(Oc2ccc(OC(=O)c3ccc(C)c(C)c3)cc2)cc1. The van der Waals surface area contributed by atoms with Crippen molar-refractivity contribution in [3.8, 4) is 23.0 Å². The summed E-state index contributed by atoms with van der Waals surface area (Å²) in [6, 6.07) is 19.8. The molecule has 0 bridgehead atoms. The van der Waals surface area contributed by atoms with Gasteiger partial charge in [0, 0.05) is 0 Å². The van der Waals surface area contributed by atoms with E-state index in [0.29, 0.717) is 22.8 Å². The Kier molecular flexibility index (Phi) is 5.23. The topological polar surface area (TPSA) is 44.8 Å². The molecule has 0 N–H and O–H groups in total. The first-order chi connectivity index (χ1) is 12.5. The summed E-state index contributed by atoms with van der Waals surface area (Å²) in [4.78, 5) is 12.2. The van der Waals surface area contributed by atoms with Gasteiger partial charge in [0.05, 0.1) is 12.7 Å². The third-order valence-electron chi connectivity index (χ3n) is 4.07. The number of hydrogen-bond acceptors (Lipinski definition) is 4. The number of carbonyl (C=O) groups is 1. The molecular formula is C22H20O4. The summed E-state index contributed by atoms with van der Waals surface area (Å²) in [6.45, 7) is 3.98. The van der Waals surface area contributed by atoms with E-state index in [0.717, 1.165) is 16.9 Å². The lowest BCUT2D eigenvalue weighted by Gasteiger charge is -2.09. The van der Waals surface area contributed by atoms with E-state index in [-0.39, 0.29) is 5.97 Å². The van der Waals surface area contributed by atoms with E-state index in [4.69, 9.17) is 14.2 Å². The molecule has 4 heteroatoms. The van der Waals surface area contributed by atoms with Gasteiger partial charge in [-0.3, -0.25) is 0 Å². The minimum Gasteiger partial charge on any atom is -0.497 e. The molecule has 26 heavy (non-hydrogen) atoms. The molecule has 0 amide bonds. The van der Waals surface area contributed by atoms with Crippen LogP contribution in [0.15, 0.2) is 66.7 Å². The van der Waals surface area contributed by atoms with E-state index in [2.05, 4.69) is 0 Å². The molecule has 3 aromatic rings. The highest BCUT2D eigenvalue weighted by Crippen LogP contribution is 2.26. The fraction of sp³-hybridized carbons (Fsp3) is 0.136. The Morgan fingerprint density at radius 2 is 1.23 bits per heavy atom. The maximum absolute atomic E-state index is 12.2. The zero-order chi connectivity index (χ0) is 18.5. The molecule has 0 spiro atoms. The summed E-state index contributed by atoms with van der Waals surface area (Å²) < 4.78 is 16.3. The number of ether oxygens (including phenoxy) is 3. The third kappa shape index (κ3) is 4.22. The van der Waals surface area contributed by atoms with Crippen LogP contribution >= 0.6 is 0 Å². The Labute approximate surface area is 153 Å². The number of esters is 1. The largest absolute Gasteiger partial charge is 0.497 e. The average molecular weight is 348 g/mol. The Morgan fingerprint density at radius 3 is 1.77 bits per heavy atom. The zero-order valence-electron chi connectivity index (χ0n) is 15.0. The lowest BCUT2D eigenvalue weighted by atomic mass is 10.1. The van der Waals surface area contributed by atoms with Crippen LogP contribution in [0, 0.1) is 13.8 Å². The molecule has 0 fully saturated rings. The molecule has 0 saturated heterocycles. The van der Waals surface area contributed by atoms with Gasteiger partial charge in [0.25, 0.3) is 0 Å². The Bertz CT molecular complexity index is 896. The van der Waals surface area contributed by atoms with E-state index >= 15 is 0 Å². The third-order valence-corrected chi connectivity index (χ3v) is 4.07. The average Bonchev–Trinajstić information content (AvgIpc) is 2.66. The van der Waals surface area contributed by atoms with Crippen molar-refractivity contribution in [3.63, 3.8) is 0 Å². The van der Waals surface area contributed by atoms with Gasteiger partial charge in [-0.15, -0.1) is 0 Å². The van der Waals surface area contributed by atoms with Crippen LogP contribution in [0.25, 0.3) is 0 Å². The zero-order valence-corrected chi connectivity index (χ0v) is 15.0. The predicted octanol–water partition coefficient (Wildman–Crippen LogP) is 5.32. The Hall–Kier alpha value is -3.27. The first-order valence-electron chi connectivity index (χ1n) is 8.26. The first-order valence-corrected chi connectivity index (χ1v) is 8.26. The molecule has 0 radical (unpaired) electrons. The summed E-state index contributed by atoms with van der Waals surface area (Å²) in [5.74, 6) is 2.21. The molecule has 0 aromatic heterocycles. The molecule has 0 saturated carbocycles. The van der Waals surface area contributed by atoms with Crippen LogP contribution in [0.1, 0.15) is 21.5 Å². The van der Waals surface area contributed by atoms with Gasteiger partial charge in [0.15, 0.2) is 0 Å². The van der Waals surface area contributed by atoms with Crippen LogP contribution in [0.4, 0.5) is 0 Å². The predicted molar refractivity (Wildman–Crippen MR) is 100 cm³/mol. The highest BCUT2D eigenvalue weighted by atomic mass is 16.5. The second-order valence-corrected chi connectivity index (χ2v) is 5.94. The molecule has 3 aromatic carbocycles. The van der Waals surface area contributed by atoms with Gasteiger partial charge in [-0.25, -0.2) is 4.79 Å². The number of methoxy groups -OCH3 is 1. The summed E-state index contributed by atoms with van der Waals surface area (Å²) in [5.41, 5.74) is 2.73. The van der Waals surface area contributed by atoms with Gasteiger partial charge in [-0.1, -0.05) is 6.07 Å². The van der Waals surface area contributed by atoms with Crippen LogP contribution in [0.2, 0.25) is 0 Å². The fourth-order valence-electron chi connectivity index (χ4n) is 2.39. The highest BCUT2D eigenvalue weighted by Gasteiger charge is 2.10. The van der Waals surface area contributed by atoms with Crippen molar-refractivity contribution in [1.82, 2.24) is 0 Å². The molecular weight excluding hydrogens is 328 g/mol. The molecule has 3 rings (SSSR count). The Balaban J connectivity index is 1.65. The van der Waals surface area contributed by atoms with Crippen molar-refractivity contribution < 1.29 is 19.0 Å². The van der Waals surface area contributed by atoms with Gasteiger partial charge < -0.3 is 14.2 Å². The molecule has 0 unspecified atom stereocenters. The van der Waals surface area contributed by atoms with Crippen LogP contribution < -0.4 is 14.2 Å². The summed E-state index contributed by atoms with van der Waals surface area (Å²) in [6.07, 6.45) is 0. The number of aryl methyl sites for hydroxylation is 2. The summed E-state index contributed by atoms with van der Waals surface area (Å²) in [5, 5.41) is 0. The number of carbonyl (C=O) groups excluding carboxylic acids is 1. The van der Waals surface area contributed by atoms with E-state index < -0.39 is 0 Å². The van der Waals surface area contributed by atoms with Crippen molar-refractivity contribution in [2.45, 2.75) is 13.8 Å². The van der Waals surface area contributed by atoms with Crippen LogP contribution in [-0.4, -0.2) is 13.1 Å². The van der Waals surface area contributed by atoms with Crippen LogP contribution in [0.5, 0.6) is 23.0 Å². The summed E-state index contributed by atoms with van der Waals surface area (Å²) in [7, 11) is 1.62. The fourth-order valence-corrected chi connectivity index (χ4v) is 2.39. The van der Waals surface area contributed by atoms with Gasteiger partial charge in [0.1, 0.15) is 23.0 Å². The molecule has 132 valence electrons. The van der Waals surface area contributed by atoms with E-state index in [9.17, 15) is 4.79 Å². The minimum absolute atomic E-state index is 0.378. The first kappa shape index (κ1) is 17.5. The molecule has 0 aliphatic carbocycles. The van der Waals surface area contributed by atoms with Crippen molar-refractivity contribution in [3.05, 3.63) is 83.4 Å². The standard InChI is InChI=1S/C22H20O4/c1-15-4-5-17(14-16(15)2)22(23)26-21-12-10-20(11-13-21)25-19-8-6-18(24-3)7-9-19/h4-14H,1-3H3. The van der Waals surface area contributed by atoms with Crippen molar-refractivity contribution in [2.75, 3.05) is 7.11 Å². The van der Waals surface area contributed by atoms with Crippen molar-refractivity contribution in [1.29, 1.82) is 0 Å². The number of benzene rings is 3. The molecule has 0 aliphatic rings. The van der Waals surface area contributed by atoms with Crippen molar-refractivity contribution >= 4 is 5.97 Å². The van der Waals surface area contributed by atoms with Gasteiger partial charge in [-0.2, -0.15) is 0 Å². The molecule has 0 heterocycles. The number of hydrogen-bond donors (Lipinski definition) is 0. The smallest absolute Gasteiger partial charge is 0.343 e. The lowest BCUT2D eigenvalue weighted by molar-refractivity contribution is 0.0734. The number of rotatable bonds is 5. The maximum Gasteiger partial charge on any atom is 0.343 e. The van der Waals surface area contributed by atoms with Gasteiger partial charge in [-0.05, 0) is 85.6 Å². The molecule has 4 nitrogen and oxygen atoms in total. The second kappa shape index (κ2) is 7.74. The lowest BCUT2D eigenvalue weighted by Crippen LogP contribution is -2.08. The normalized spacial score (nSPS) is 10.3. The quantitative estimate of drug-likeness (QED) is 0.462. The highest BCUT2D eigenvalue weighted by molar-refractivity contribution is 5.91. The van der Waals surface area contributed by atoms with E-state index in [1.165, 1.54) is 0 Å². The van der Waals surface area contributed by atoms with Gasteiger partial charge >= 0.3 is 5.97 Å². The van der Waals surface area contributed by atoms with Crippen molar-refractivity contribution in [2.24, 2.45) is 0 Å². The van der Waals surface area contributed by atoms with Crippen LogP contribution in [0.3, 0.4) is 0 Å². The maximum atomic E-state index is 12.2. The molecule has 0 atom stereocenters. The van der Waals surface area contributed by atoms with Gasteiger partial charge in [0.2, 0.25) is 0 Å². The Morgan fingerprint density at radius 1 is 0.692 bits per heavy atom. The molecule has 0 aliphatic heterocycles. The van der Waals surface area contributed by atoms with E-state index in [1.54, 1.807) is 37.4 Å². The van der Waals surface area contributed by atoms with E-state index in [1.807, 2.05) is 50.2 Å².